The summed E-state index contributed by atoms with van der Waals surface area (Å²) in [5.74, 6) is 1.41. The maximum absolute atomic E-state index is 13.0. The highest BCUT2D eigenvalue weighted by atomic mass is 16.3. The monoisotopic (exact) mass is 350 g/mol. The van der Waals surface area contributed by atoms with Crippen LogP contribution in [0.25, 0.3) is 5.57 Å². The van der Waals surface area contributed by atoms with Crippen molar-refractivity contribution in [2.75, 3.05) is 26.2 Å². The third kappa shape index (κ3) is 3.91. The van der Waals surface area contributed by atoms with E-state index in [0.29, 0.717) is 5.91 Å². The van der Waals surface area contributed by atoms with Gasteiger partial charge in [0.15, 0.2) is 0 Å². The second kappa shape index (κ2) is 7.92. The minimum atomic E-state index is 0.116. The van der Waals surface area contributed by atoms with E-state index in [4.69, 9.17) is 4.42 Å². The van der Waals surface area contributed by atoms with Crippen molar-refractivity contribution in [3.8, 4) is 0 Å². The zero-order chi connectivity index (χ0) is 17.8. The molecule has 0 aliphatic carbocycles. The minimum Gasteiger partial charge on any atom is -0.468 e. The fourth-order valence-corrected chi connectivity index (χ4v) is 4.07. The van der Waals surface area contributed by atoms with E-state index >= 15 is 0 Å². The molecule has 0 spiro atoms. The number of carbonyl (C=O) groups is 1. The first-order chi connectivity index (χ1) is 12.8. The molecule has 136 valence electrons. The van der Waals surface area contributed by atoms with E-state index in [9.17, 15) is 4.79 Å². The zero-order valence-electron chi connectivity index (χ0n) is 15.1. The Kier molecular flexibility index (Phi) is 5.21. The second-order valence-electron chi connectivity index (χ2n) is 7.28. The van der Waals surface area contributed by atoms with E-state index < -0.39 is 0 Å². The standard InChI is InChI=1S/C22H26N2O2/c25-22(20-8-4-12-23(16-20)17-21-9-5-15-26-21)24-13-10-19(11-14-24)18-6-2-1-3-7-18/h1-3,5-7,9-10,15,20H,4,8,11-14,16-17H2. The van der Waals surface area contributed by atoms with Crippen molar-refractivity contribution in [2.45, 2.75) is 25.8 Å². The third-order valence-electron chi connectivity index (χ3n) is 5.48. The molecule has 1 unspecified atom stereocenters. The van der Waals surface area contributed by atoms with E-state index in [-0.39, 0.29) is 5.92 Å². The number of hydrogen-bond donors (Lipinski definition) is 0. The Balaban J connectivity index is 1.35. The van der Waals surface area contributed by atoms with E-state index in [1.165, 1.54) is 11.1 Å². The topological polar surface area (TPSA) is 36.7 Å². The third-order valence-corrected chi connectivity index (χ3v) is 5.48. The zero-order valence-corrected chi connectivity index (χ0v) is 15.1. The van der Waals surface area contributed by atoms with Crippen molar-refractivity contribution in [1.29, 1.82) is 0 Å². The molecule has 4 rings (SSSR count). The maximum Gasteiger partial charge on any atom is 0.227 e. The summed E-state index contributed by atoms with van der Waals surface area (Å²) >= 11 is 0. The quantitative estimate of drug-likeness (QED) is 0.841. The van der Waals surface area contributed by atoms with Gasteiger partial charge < -0.3 is 9.32 Å². The van der Waals surface area contributed by atoms with Gasteiger partial charge in [0.2, 0.25) is 5.91 Å². The van der Waals surface area contributed by atoms with Crippen LogP contribution in [0.15, 0.2) is 59.2 Å². The number of furan rings is 1. The van der Waals surface area contributed by atoms with Gasteiger partial charge in [0.25, 0.3) is 0 Å². The molecule has 26 heavy (non-hydrogen) atoms. The Hall–Kier alpha value is -2.33. The van der Waals surface area contributed by atoms with Crippen LogP contribution in [0.5, 0.6) is 0 Å². The van der Waals surface area contributed by atoms with Crippen molar-refractivity contribution in [2.24, 2.45) is 5.92 Å². The first-order valence-electron chi connectivity index (χ1n) is 9.57. The Morgan fingerprint density at radius 1 is 1.12 bits per heavy atom. The van der Waals surface area contributed by atoms with Crippen molar-refractivity contribution >= 4 is 11.5 Å². The Bertz CT molecular complexity index is 752. The van der Waals surface area contributed by atoms with Gasteiger partial charge in [-0.05, 0) is 49.1 Å². The van der Waals surface area contributed by atoms with Crippen LogP contribution in [0.1, 0.15) is 30.6 Å². The molecule has 3 heterocycles. The number of piperidine rings is 1. The number of amides is 1. The molecule has 2 aromatic rings. The molecule has 2 aliphatic heterocycles. The van der Waals surface area contributed by atoms with Crippen molar-refractivity contribution < 1.29 is 9.21 Å². The number of carbonyl (C=O) groups excluding carboxylic acids is 1. The lowest BCUT2D eigenvalue weighted by molar-refractivity contribution is -0.137. The summed E-state index contributed by atoms with van der Waals surface area (Å²) in [6.45, 7) is 4.24. The first-order valence-corrected chi connectivity index (χ1v) is 9.57. The molecular weight excluding hydrogens is 324 g/mol. The van der Waals surface area contributed by atoms with Gasteiger partial charge in [-0.2, -0.15) is 0 Å². The van der Waals surface area contributed by atoms with Crippen LogP contribution in [0.3, 0.4) is 0 Å². The highest BCUT2D eigenvalue weighted by molar-refractivity contribution is 5.80. The molecule has 0 bridgehead atoms. The van der Waals surface area contributed by atoms with Gasteiger partial charge in [-0.1, -0.05) is 36.4 Å². The van der Waals surface area contributed by atoms with E-state index in [2.05, 4.69) is 35.2 Å². The fraction of sp³-hybridized carbons (Fsp3) is 0.409. The largest absolute Gasteiger partial charge is 0.468 e. The van der Waals surface area contributed by atoms with Gasteiger partial charge in [-0.25, -0.2) is 0 Å². The fourth-order valence-electron chi connectivity index (χ4n) is 4.07. The molecule has 4 nitrogen and oxygen atoms in total. The average Bonchev–Trinajstić information content (AvgIpc) is 3.21. The Labute approximate surface area is 155 Å². The summed E-state index contributed by atoms with van der Waals surface area (Å²) in [5, 5.41) is 0. The Morgan fingerprint density at radius 2 is 2.00 bits per heavy atom. The summed E-state index contributed by atoms with van der Waals surface area (Å²) in [4.78, 5) is 17.4. The normalized spacial score (nSPS) is 21.5. The predicted molar refractivity (Wildman–Crippen MR) is 102 cm³/mol. The van der Waals surface area contributed by atoms with Crippen molar-refractivity contribution in [3.63, 3.8) is 0 Å². The highest BCUT2D eigenvalue weighted by Crippen LogP contribution is 2.25. The lowest BCUT2D eigenvalue weighted by atomic mass is 9.94. The minimum absolute atomic E-state index is 0.116. The van der Waals surface area contributed by atoms with Gasteiger partial charge in [-0.15, -0.1) is 0 Å². The van der Waals surface area contributed by atoms with Crippen molar-refractivity contribution in [1.82, 2.24) is 9.80 Å². The van der Waals surface area contributed by atoms with Gasteiger partial charge >= 0.3 is 0 Å². The summed E-state index contributed by atoms with van der Waals surface area (Å²) in [6.07, 6.45) is 6.96. The van der Waals surface area contributed by atoms with Crippen LogP contribution in [-0.2, 0) is 11.3 Å². The molecular formula is C22H26N2O2. The molecule has 1 amide bonds. The second-order valence-corrected chi connectivity index (χ2v) is 7.28. The molecule has 1 fully saturated rings. The SMILES string of the molecule is O=C(C1CCCN(Cc2ccco2)C1)N1CC=C(c2ccccc2)CC1. The van der Waals surface area contributed by atoms with Gasteiger partial charge in [0.05, 0.1) is 18.7 Å². The lowest BCUT2D eigenvalue weighted by Gasteiger charge is -2.35. The molecule has 1 aromatic heterocycles. The molecule has 1 saturated heterocycles. The van der Waals surface area contributed by atoms with Gasteiger partial charge in [-0.3, -0.25) is 9.69 Å². The summed E-state index contributed by atoms with van der Waals surface area (Å²) < 4.78 is 5.46. The number of hydrogen-bond acceptors (Lipinski definition) is 3. The van der Waals surface area contributed by atoms with E-state index in [1.54, 1.807) is 6.26 Å². The molecule has 0 radical (unpaired) electrons. The number of rotatable bonds is 4. The van der Waals surface area contributed by atoms with Crippen LogP contribution in [-0.4, -0.2) is 41.9 Å². The van der Waals surface area contributed by atoms with E-state index in [1.807, 2.05) is 23.1 Å². The average molecular weight is 350 g/mol. The molecule has 1 aromatic carbocycles. The lowest BCUT2D eigenvalue weighted by Crippen LogP contribution is -2.45. The molecule has 1 atom stereocenters. The van der Waals surface area contributed by atoms with Crippen LogP contribution in [0.2, 0.25) is 0 Å². The number of likely N-dealkylation sites (tertiary alicyclic amines) is 1. The number of benzene rings is 1. The summed E-state index contributed by atoms with van der Waals surface area (Å²) in [5.41, 5.74) is 2.64. The van der Waals surface area contributed by atoms with Crippen molar-refractivity contribution in [3.05, 3.63) is 66.1 Å². The summed E-state index contributed by atoms with van der Waals surface area (Å²) in [6, 6.07) is 14.4. The maximum atomic E-state index is 13.0. The molecule has 2 aliphatic rings. The Morgan fingerprint density at radius 3 is 2.73 bits per heavy atom. The summed E-state index contributed by atoms with van der Waals surface area (Å²) in [7, 11) is 0. The van der Waals surface area contributed by atoms with Crippen LogP contribution < -0.4 is 0 Å². The smallest absolute Gasteiger partial charge is 0.227 e. The predicted octanol–water partition coefficient (Wildman–Crippen LogP) is 3.81. The number of nitrogens with zero attached hydrogens (tertiary/aromatic N) is 2. The van der Waals surface area contributed by atoms with Gasteiger partial charge in [0.1, 0.15) is 5.76 Å². The van der Waals surface area contributed by atoms with E-state index in [0.717, 1.165) is 57.7 Å². The van der Waals surface area contributed by atoms with Crippen LogP contribution in [0.4, 0.5) is 0 Å². The molecule has 0 saturated carbocycles. The molecule has 4 heteroatoms. The molecule has 0 N–H and O–H groups in total. The first kappa shape index (κ1) is 17.1. The van der Waals surface area contributed by atoms with Crippen LogP contribution in [0, 0.1) is 5.92 Å². The highest BCUT2D eigenvalue weighted by Gasteiger charge is 2.30. The van der Waals surface area contributed by atoms with Crippen LogP contribution >= 0.6 is 0 Å². The van der Waals surface area contributed by atoms with Gasteiger partial charge in [0, 0.05) is 19.6 Å².